The predicted molar refractivity (Wildman–Crippen MR) is 135 cm³/mol. The molecular formula is C25H24ClIN2O3. The Morgan fingerprint density at radius 2 is 1.69 bits per heavy atom. The van der Waals surface area contributed by atoms with E-state index in [1.54, 1.807) is 24.1 Å². The Bertz CT molecular complexity index is 1040. The molecule has 5 nitrogen and oxygen atoms in total. The minimum atomic E-state index is -0.700. The number of ether oxygens (including phenoxy) is 1. The van der Waals surface area contributed by atoms with Crippen LogP contribution in [0.4, 0.5) is 0 Å². The number of rotatable bonds is 9. The second-order valence-corrected chi connectivity index (χ2v) is 8.90. The summed E-state index contributed by atoms with van der Waals surface area (Å²) in [5.41, 5.74) is 1.80. The number of hydrogen-bond acceptors (Lipinski definition) is 3. The Labute approximate surface area is 206 Å². The van der Waals surface area contributed by atoms with Crippen LogP contribution in [0.3, 0.4) is 0 Å². The lowest BCUT2D eigenvalue weighted by Crippen LogP contribution is -2.51. The molecule has 0 aromatic heterocycles. The van der Waals surface area contributed by atoms with Crippen LogP contribution in [-0.2, 0) is 22.6 Å². The van der Waals surface area contributed by atoms with Crippen molar-refractivity contribution in [2.75, 3.05) is 13.7 Å². The largest absolute Gasteiger partial charge is 0.484 e. The van der Waals surface area contributed by atoms with Crippen LogP contribution < -0.4 is 10.1 Å². The minimum absolute atomic E-state index is 0.177. The lowest BCUT2D eigenvalue weighted by atomic mass is 10.0. The summed E-state index contributed by atoms with van der Waals surface area (Å²) in [4.78, 5) is 27.7. The fourth-order valence-corrected chi connectivity index (χ4v) is 3.88. The van der Waals surface area contributed by atoms with Gasteiger partial charge in [-0.25, -0.2) is 0 Å². The quantitative estimate of drug-likeness (QED) is 0.385. The number of benzene rings is 3. The summed E-state index contributed by atoms with van der Waals surface area (Å²) in [6, 6.07) is 23.7. The molecule has 0 aliphatic heterocycles. The molecule has 1 N–H and O–H groups in total. The molecule has 32 heavy (non-hydrogen) atoms. The highest BCUT2D eigenvalue weighted by Gasteiger charge is 2.30. The summed E-state index contributed by atoms with van der Waals surface area (Å²) in [5.74, 6) is 0.0765. The number of carbonyl (C=O) groups excluding carboxylic acids is 2. The number of carbonyl (C=O) groups is 2. The first-order chi connectivity index (χ1) is 15.5. The van der Waals surface area contributed by atoms with Gasteiger partial charge in [-0.2, -0.15) is 0 Å². The van der Waals surface area contributed by atoms with Crippen LogP contribution in [0, 0.1) is 3.57 Å². The van der Waals surface area contributed by atoms with E-state index in [1.807, 2.05) is 66.7 Å². The molecule has 3 aromatic carbocycles. The summed E-state index contributed by atoms with van der Waals surface area (Å²) in [6.07, 6.45) is 0.385. The highest BCUT2D eigenvalue weighted by molar-refractivity contribution is 14.1. The molecule has 3 rings (SSSR count). The fraction of sp³-hybridized carbons (Fsp3) is 0.200. The van der Waals surface area contributed by atoms with Crippen molar-refractivity contribution in [1.82, 2.24) is 10.2 Å². The van der Waals surface area contributed by atoms with Gasteiger partial charge in [0.15, 0.2) is 6.61 Å². The number of nitrogens with zero attached hydrogens (tertiary/aromatic N) is 1. The van der Waals surface area contributed by atoms with Gasteiger partial charge in [-0.05, 0) is 70.1 Å². The third kappa shape index (κ3) is 6.97. The van der Waals surface area contributed by atoms with Crippen molar-refractivity contribution in [2.45, 2.75) is 19.0 Å². The zero-order valence-electron chi connectivity index (χ0n) is 17.6. The SMILES string of the molecule is CNC(=O)[C@@H](Cc1ccccc1)N(Cc1cccc(Cl)c1)C(=O)COc1ccc(I)cc1. The molecule has 0 saturated heterocycles. The van der Waals surface area contributed by atoms with Gasteiger partial charge in [0.2, 0.25) is 5.91 Å². The van der Waals surface area contributed by atoms with Gasteiger partial charge in [-0.15, -0.1) is 0 Å². The Hall–Kier alpha value is -2.58. The predicted octanol–water partition coefficient (Wildman–Crippen LogP) is 4.71. The van der Waals surface area contributed by atoms with E-state index in [9.17, 15) is 9.59 Å². The number of nitrogens with one attached hydrogen (secondary N) is 1. The second kappa shape index (κ2) is 11.9. The second-order valence-electron chi connectivity index (χ2n) is 7.21. The van der Waals surface area contributed by atoms with Crippen LogP contribution in [0.1, 0.15) is 11.1 Å². The van der Waals surface area contributed by atoms with Gasteiger partial charge in [-0.3, -0.25) is 9.59 Å². The van der Waals surface area contributed by atoms with Crippen molar-refractivity contribution < 1.29 is 14.3 Å². The minimum Gasteiger partial charge on any atom is -0.484 e. The average Bonchev–Trinajstić information content (AvgIpc) is 2.81. The van der Waals surface area contributed by atoms with Crippen molar-refractivity contribution in [3.8, 4) is 5.75 Å². The Balaban J connectivity index is 1.86. The van der Waals surface area contributed by atoms with E-state index >= 15 is 0 Å². The lowest BCUT2D eigenvalue weighted by Gasteiger charge is -2.31. The normalized spacial score (nSPS) is 11.5. The number of amides is 2. The molecule has 0 saturated carbocycles. The van der Waals surface area contributed by atoms with E-state index in [4.69, 9.17) is 16.3 Å². The molecule has 7 heteroatoms. The Kier molecular flexibility index (Phi) is 8.93. The monoisotopic (exact) mass is 562 g/mol. The molecule has 0 heterocycles. The van der Waals surface area contributed by atoms with Crippen molar-refractivity contribution >= 4 is 46.0 Å². The van der Waals surface area contributed by atoms with Gasteiger partial charge in [0.05, 0.1) is 0 Å². The zero-order chi connectivity index (χ0) is 22.9. The molecule has 0 radical (unpaired) electrons. The molecule has 0 fully saturated rings. The van der Waals surface area contributed by atoms with Gasteiger partial charge >= 0.3 is 0 Å². The van der Waals surface area contributed by atoms with Crippen molar-refractivity contribution in [3.63, 3.8) is 0 Å². The van der Waals surface area contributed by atoms with Gasteiger partial charge in [0.25, 0.3) is 5.91 Å². The fourth-order valence-electron chi connectivity index (χ4n) is 3.31. The first-order valence-corrected chi connectivity index (χ1v) is 11.6. The van der Waals surface area contributed by atoms with Crippen molar-refractivity contribution in [2.24, 2.45) is 0 Å². The molecule has 1 atom stereocenters. The standard InChI is InChI=1S/C25H24ClIN2O3/c1-28-25(31)23(15-18-6-3-2-4-7-18)29(16-19-8-5-9-20(26)14-19)24(30)17-32-22-12-10-21(27)11-13-22/h2-14,23H,15-17H2,1H3,(H,28,31)/t23-/m1/s1. The van der Waals surface area contributed by atoms with Crippen molar-refractivity contribution in [3.05, 3.63) is 98.6 Å². The first kappa shape index (κ1) is 24.1. The van der Waals surface area contributed by atoms with Gasteiger partial charge in [0, 0.05) is 28.6 Å². The third-order valence-corrected chi connectivity index (χ3v) is 5.89. The zero-order valence-corrected chi connectivity index (χ0v) is 20.5. The summed E-state index contributed by atoms with van der Waals surface area (Å²) in [7, 11) is 1.57. The molecule has 0 aliphatic rings. The maximum Gasteiger partial charge on any atom is 0.261 e. The van der Waals surface area contributed by atoms with Gasteiger partial charge in [-0.1, -0.05) is 54.1 Å². The molecule has 2 amide bonds. The highest BCUT2D eigenvalue weighted by atomic mass is 127. The maximum atomic E-state index is 13.3. The average molecular weight is 563 g/mol. The summed E-state index contributed by atoms with van der Waals surface area (Å²) >= 11 is 8.36. The molecule has 166 valence electrons. The first-order valence-electron chi connectivity index (χ1n) is 10.1. The van der Waals surface area contributed by atoms with Crippen LogP contribution in [-0.4, -0.2) is 36.4 Å². The summed E-state index contributed by atoms with van der Waals surface area (Å²) in [6.45, 7) is 0.0593. The number of hydrogen-bond donors (Lipinski definition) is 1. The molecule has 3 aromatic rings. The lowest BCUT2D eigenvalue weighted by molar-refractivity contribution is -0.142. The van der Waals surface area contributed by atoms with Gasteiger partial charge in [0.1, 0.15) is 11.8 Å². The van der Waals surface area contributed by atoms with E-state index in [0.29, 0.717) is 17.2 Å². The molecule has 0 aliphatic carbocycles. The van der Waals surface area contributed by atoms with Gasteiger partial charge < -0.3 is 15.0 Å². The molecular weight excluding hydrogens is 539 g/mol. The van der Waals surface area contributed by atoms with Crippen LogP contribution in [0.15, 0.2) is 78.9 Å². The van der Waals surface area contributed by atoms with Crippen molar-refractivity contribution in [1.29, 1.82) is 0 Å². The van der Waals surface area contributed by atoms with Crippen LogP contribution in [0.2, 0.25) is 5.02 Å². The maximum absolute atomic E-state index is 13.3. The van der Waals surface area contributed by atoms with Crippen LogP contribution in [0.25, 0.3) is 0 Å². The Morgan fingerprint density at radius 3 is 2.34 bits per heavy atom. The summed E-state index contributed by atoms with van der Waals surface area (Å²) < 4.78 is 6.80. The van der Waals surface area contributed by atoms with E-state index in [1.165, 1.54) is 0 Å². The number of likely N-dealkylation sites (N-methyl/N-ethyl adjacent to an activating group) is 1. The van der Waals surface area contributed by atoms with E-state index in [2.05, 4.69) is 27.9 Å². The van der Waals surface area contributed by atoms with E-state index in [-0.39, 0.29) is 25.0 Å². The topological polar surface area (TPSA) is 58.6 Å². The smallest absolute Gasteiger partial charge is 0.261 e. The van der Waals surface area contributed by atoms with Crippen LogP contribution >= 0.6 is 34.2 Å². The molecule has 0 unspecified atom stereocenters. The molecule has 0 bridgehead atoms. The van der Waals surface area contributed by atoms with E-state index in [0.717, 1.165) is 14.7 Å². The van der Waals surface area contributed by atoms with Crippen LogP contribution in [0.5, 0.6) is 5.75 Å². The highest BCUT2D eigenvalue weighted by Crippen LogP contribution is 2.19. The summed E-state index contributed by atoms with van der Waals surface area (Å²) in [5, 5.41) is 3.27. The van der Waals surface area contributed by atoms with E-state index < -0.39 is 6.04 Å². The molecule has 0 spiro atoms. The number of halogens is 2. The third-order valence-electron chi connectivity index (χ3n) is 4.94. The Morgan fingerprint density at radius 1 is 1.00 bits per heavy atom.